The second-order valence-electron chi connectivity index (χ2n) is 4.75. The summed E-state index contributed by atoms with van der Waals surface area (Å²) >= 11 is 0. The summed E-state index contributed by atoms with van der Waals surface area (Å²) in [4.78, 5) is 14.0. The number of rotatable bonds is 0. The van der Waals surface area contributed by atoms with E-state index in [1.165, 1.54) is 12.1 Å². The van der Waals surface area contributed by atoms with Gasteiger partial charge < -0.3 is 10.2 Å². The van der Waals surface area contributed by atoms with Gasteiger partial charge in [-0.05, 0) is 31.0 Å². The van der Waals surface area contributed by atoms with E-state index in [9.17, 15) is 9.18 Å². The summed E-state index contributed by atoms with van der Waals surface area (Å²) in [5.41, 5.74) is 1.24. The monoisotopic (exact) mass is 220 g/mol. The third kappa shape index (κ3) is 1.29. The Labute approximate surface area is 93.2 Å². The van der Waals surface area contributed by atoms with Gasteiger partial charge >= 0.3 is 0 Å². The molecule has 3 rings (SSSR count). The minimum atomic E-state index is -0.320. The fraction of sp³-hybridized carbons (Fsp3) is 0.417. The highest BCUT2D eigenvalue weighted by Gasteiger charge is 2.51. The number of fused-ring (bicyclic) bond motifs is 1. The van der Waals surface area contributed by atoms with E-state index in [1.54, 1.807) is 6.07 Å². The third-order valence-electron chi connectivity index (χ3n) is 3.49. The van der Waals surface area contributed by atoms with E-state index in [-0.39, 0.29) is 17.1 Å². The van der Waals surface area contributed by atoms with E-state index in [4.69, 9.17) is 0 Å². The van der Waals surface area contributed by atoms with Crippen LogP contribution in [-0.4, -0.2) is 19.5 Å². The van der Waals surface area contributed by atoms with Crippen LogP contribution in [0.3, 0.4) is 0 Å². The Morgan fingerprint density at radius 2 is 2.19 bits per heavy atom. The van der Waals surface area contributed by atoms with E-state index in [0.717, 1.165) is 25.1 Å². The first-order valence-electron chi connectivity index (χ1n) is 5.43. The second kappa shape index (κ2) is 2.97. The van der Waals surface area contributed by atoms with Crippen molar-refractivity contribution >= 4 is 17.3 Å². The lowest BCUT2D eigenvalue weighted by Crippen LogP contribution is -2.31. The van der Waals surface area contributed by atoms with Crippen molar-refractivity contribution in [3.05, 3.63) is 24.0 Å². The molecule has 1 aliphatic heterocycles. The molecule has 0 unspecified atom stereocenters. The van der Waals surface area contributed by atoms with Gasteiger partial charge in [-0.25, -0.2) is 4.39 Å². The van der Waals surface area contributed by atoms with Crippen LogP contribution in [0, 0.1) is 11.2 Å². The van der Waals surface area contributed by atoms with E-state index in [2.05, 4.69) is 5.32 Å². The Hall–Kier alpha value is -1.58. The largest absolute Gasteiger partial charge is 0.372 e. The molecule has 1 saturated carbocycles. The summed E-state index contributed by atoms with van der Waals surface area (Å²) in [7, 11) is 1.94. The molecule has 1 heterocycles. The van der Waals surface area contributed by atoms with Gasteiger partial charge in [-0.3, -0.25) is 4.79 Å². The molecule has 0 atom stereocenters. The van der Waals surface area contributed by atoms with Gasteiger partial charge in [0.25, 0.3) is 0 Å². The average molecular weight is 220 g/mol. The van der Waals surface area contributed by atoms with E-state index >= 15 is 0 Å². The molecule has 1 aromatic carbocycles. The van der Waals surface area contributed by atoms with Crippen LogP contribution in [0.5, 0.6) is 0 Å². The summed E-state index contributed by atoms with van der Waals surface area (Å²) in [6.45, 7) is 0.720. The normalized spacial score (nSPS) is 21.4. The van der Waals surface area contributed by atoms with Gasteiger partial charge in [-0.2, -0.15) is 0 Å². The van der Waals surface area contributed by atoms with Gasteiger partial charge in [0.05, 0.1) is 16.8 Å². The zero-order chi connectivity index (χ0) is 11.3. The Morgan fingerprint density at radius 1 is 1.44 bits per heavy atom. The van der Waals surface area contributed by atoms with Crippen molar-refractivity contribution in [3.8, 4) is 0 Å². The molecule has 0 radical (unpaired) electrons. The quantitative estimate of drug-likeness (QED) is 0.725. The highest BCUT2D eigenvalue weighted by atomic mass is 19.1. The summed E-state index contributed by atoms with van der Waals surface area (Å²) in [5.74, 6) is -0.289. The fourth-order valence-corrected chi connectivity index (χ4v) is 2.34. The lowest BCUT2D eigenvalue weighted by Gasteiger charge is -2.20. The molecule has 16 heavy (non-hydrogen) atoms. The minimum Gasteiger partial charge on any atom is -0.372 e. The molecule has 84 valence electrons. The molecular weight excluding hydrogens is 207 g/mol. The van der Waals surface area contributed by atoms with Crippen molar-refractivity contribution in [2.45, 2.75) is 12.8 Å². The molecule has 1 aliphatic carbocycles. The van der Waals surface area contributed by atoms with Crippen LogP contribution < -0.4 is 10.2 Å². The maximum atomic E-state index is 13.1. The number of carbonyl (C=O) groups is 1. The topological polar surface area (TPSA) is 32.3 Å². The standard InChI is InChI=1S/C12H13FN2O/c1-15-7-12(4-5-12)11(16)14-9-6-8(13)2-3-10(9)15/h2-3,6H,4-5,7H2,1H3,(H,14,16). The second-order valence-corrected chi connectivity index (χ2v) is 4.75. The summed E-state index contributed by atoms with van der Waals surface area (Å²) < 4.78 is 13.1. The van der Waals surface area contributed by atoms with Gasteiger partial charge in [-0.15, -0.1) is 0 Å². The van der Waals surface area contributed by atoms with Gasteiger partial charge in [0.1, 0.15) is 5.82 Å². The molecule has 0 bridgehead atoms. The van der Waals surface area contributed by atoms with Gasteiger partial charge in [0.15, 0.2) is 0 Å². The molecule has 1 spiro atoms. The van der Waals surface area contributed by atoms with Crippen molar-refractivity contribution < 1.29 is 9.18 Å². The summed E-state index contributed by atoms with van der Waals surface area (Å²) in [6, 6.07) is 4.52. The number of hydrogen-bond acceptors (Lipinski definition) is 2. The zero-order valence-electron chi connectivity index (χ0n) is 9.09. The van der Waals surface area contributed by atoms with Crippen LogP contribution in [0.2, 0.25) is 0 Å². The maximum Gasteiger partial charge on any atom is 0.232 e. The highest BCUT2D eigenvalue weighted by Crippen LogP contribution is 2.49. The number of nitrogens with zero attached hydrogens (tertiary/aromatic N) is 1. The molecule has 0 saturated heterocycles. The Balaban J connectivity index is 2.06. The SMILES string of the molecule is CN1CC2(CC2)C(=O)Nc2cc(F)ccc21. The van der Waals surface area contributed by atoms with Crippen molar-refractivity contribution in [1.29, 1.82) is 0 Å². The zero-order valence-corrected chi connectivity index (χ0v) is 9.09. The first-order valence-corrected chi connectivity index (χ1v) is 5.43. The van der Waals surface area contributed by atoms with Crippen LogP contribution >= 0.6 is 0 Å². The lowest BCUT2D eigenvalue weighted by atomic mass is 10.1. The van der Waals surface area contributed by atoms with Crippen molar-refractivity contribution in [1.82, 2.24) is 0 Å². The first-order chi connectivity index (χ1) is 7.61. The van der Waals surface area contributed by atoms with Crippen molar-refractivity contribution in [2.24, 2.45) is 5.41 Å². The number of hydrogen-bond donors (Lipinski definition) is 1. The Kier molecular flexibility index (Phi) is 1.79. The molecule has 1 fully saturated rings. The predicted octanol–water partition coefficient (Wildman–Crippen LogP) is 1.99. The molecule has 2 aliphatic rings. The van der Waals surface area contributed by atoms with Crippen LogP contribution in [0.25, 0.3) is 0 Å². The number of nitrogens with one attached hydrogen (secondary N) is 1. The summed E-state index contributed by atoms with van der Waals surface area (Å²) in [5, 5.41) is 2.83. The maximum absolute atomic E-state index is 13.1. The average Bonchev–Trinajstić information content (AvgIpc) is 2.98. The minimum absolute atomic E-state index is 0.0312. The molecule has 1 aromatic rings. The third-order valence-corrected chi connectivity index (χ3v) is 3.49. The fourth-order valence-electron chi connectivity index (χ4n) is 2.34. The number of anilines is 2. The van der Waals surface area contributed by atoms with Crippen molar-refractivity contribution in [3.63, 3.8) is 0 Å². The van der Waals surface area contributed by atoms with E-state index in [0.29, 0.717) is 5.69 Å². The first kappa shape index (κ1) is 9.63. The van der Waals surface area contributed by atoms with Crippen LogP contribution in [0.15, 0.2) is 18.2 Å². The Bertz CT molecular complexity index is 468. The van der Waals surface area contributed by atoms with Crippen LogP contribution in [-0.2, 0) is 4.79 Å². The van der Waals surface area contributed by atoms with Crippen LogP contribution in [0.4, 0.5) is 15.8 Å². The van der Waals surface area contributed by atoms with E-state index < -0.39 is 0 Å². The van der Waals surface area contributed by atoms with E-state index in [1.807, 2.05) is 11.9 Å². The highest BCUT2D eigenvalue weighted by molar-refractivity contribution is 6.01. The number of halogens is 1. The predicted molar refractivity (Wildman–Crippen MR) is 60.0 cm³/mol. The molecule has 1 amide bonds. The molecule has 1 N–H and O–H groups in total. The summed E-state index contributed by atoms with van der Waals surface area (Å²) in [6.07, 6.45) is 1.86. The van der Waals surface area contributed by atoms with Crippen LogP contribution in [0.1, 0.15) is 12.8 Å². The molecule has 4 heteroatoms. The number of amides is 1. The van der Waals surface area contributed by atoms with Crippen molar-refractivity contribution in [2.75, 3.05) is 23.8 Å². The number of benzene rings is 1. The van der Waals surface area contributed by atoms with Gasteiger partial charge in [-0.1, -0.05) is 0 Å². The van der Waals surface area contributed by atoms with Gasteiger partial charge in [0.2, 0.25) is 5.91 Å². The lowest BCUT2D eigenvalue weighted by molar-refractivity contribution is -0.120. The molecule has 0 aromatic heterocycles. The number of carbonyl (C=O) groups excluding carboxylic acids is 1. The Morgan fingerprint density at radius 3 is 2.88 bits per heavy atom. The van der Waals surface area contributed by atoms with Gasteiger partial charge in [0, 0.05) is 13.6 Å². The molecular formula is C12H13FN2O. The smallest absolute Gasteiger partial charge is 0.232 e. The molecule has 3 nitrogen and oxygen atoms in total.